The molecule has 0 aliphatic rings. The zero-order valence-corrected chi connectivity index (χ0v) is 20.2. The highest BCUT2D eigenvalue weighted by atomic mass is 16.5. The van der Waals surface area contributed by atoms with Gasteiger partial charge in [0.1, 0.15) is 5.75 Å². The number of carbonyl (C=O) groups excluding carboxylic acids is 2. The number of hydrogen-bond acceptors (Lipinski definition) is 3. The fraction of sp³-hybridized carbons (Fsp3) is 0.125. The zero-order chi connectivity index (χ0) is 24.8. The maximum absolute atomic E-state index is 12.7. The van der Waals surface area contributed by atoms with Gasteiger partial charge in [-0.25, -0.2) is 4.79 Å². The Kier molecular flexibility index (Phi) is 7.07. The molecule has 4 rings (SSSR count). The summed E-state index contributed by atoms with van der Waals surface area (Å²) < 4.78 is 5.66. The third-order valence-corrected chi connectivity index (χ3v) is 5.80. The Bertz CT molecular complexity index is 1340. The molecule has 0 atom stereocenters. The molecule has 3 nitrogen and oxygen atoms in total. The molecule has 4 aromatic rings. The normalized spacial score (nSPS) is 11.4. The van der Waals surface area contributed by atoms with E-state index in [1.54, 1.807) is 30.3 Å². The van der Waals surface area contributed by atoms with Gasteiger partial charge in [-0.05, 0) is 52.5 Å². The van der Waals surface area contributed by atoms with Crippen molar-refractivity contribution in [1.29, 1.82) is 0 Å². The molecule has 4 aromatic carbocycles. The zero-order valence-electron chi connectivity index (χ0n) is 20.2. The van der Waals surface area contributed by atoms with Crippen molar-refractivity contribution >= 4 is 17.8 Å². The molecule has 0 fully saturated rings. The van der Waals surface area contributed by atoms with Gasteiger partial charge in [0.25, 0.3) is 0 Å². The standard InChI is InChI=1S/C32H28O3/c1-32(2,3)28-20-17-27(18-21-28)31(34)35-30-12-8-7-11-26(30)19-22-29(33)25-15-13-24(14-16-25)23-9-5-4-6-10-23/h4-22H,1-3H3. The van der Waals surface area contributed by atoms with Gasteiger partial charge in [0, 0.05) is 11.1 Å². The van der Waals surface area contributed by atoms with Gasteiger partial charge in [0.05, 0.1) is 5.56 Å². The molecule has 3 heteroatoms. The molecule has 0 N–H and O–H groups in total. The summed E-state index contributed by atoms with van der Waals surface area (Å²) >= 11 is 0. The van der Waals surface area contributed by atoms with Crippen LogP contribution in [-0.2, 0) is 5.41 Å². The minimum Gasteiger partial charge on any atom is -0.422 e. The molecule has 0 radical (unpaired) electrons. The van der Waals surface area contributed by atoms with Crippen LogP contribution in [0.3, 0.4) is 0 Å². The predicted octanol–water partition coefficient (Wildman–Crippen LogP) is 7.77. The lowest BCUT2D eigenvalue weighted by Crippen LogP contribution is -2.13. The van der Waals surface area contributed by atoms with Crippen molar-refractivity contribution in [3.8, 4) is 16.9 Å². The van der Waals surface area contributed by atoms with E-state index in [-0.39, 0.29) is 11.2 Å². The van der Waals surface area contributed by atoms with Gasteiger partial charge in [0.2, 0.25) is 0 Å². The molecular formula is C32H28O3. The first-order valence-corrected chi connectivity index (χ1v) is 11.6. The molecule has 0 bridgehead atoms. The third kappa shape index (κ3) is 6.01. The average molecular weight is 461 g/mol. The Labute approximate surface area is 206 Å². The summed E-state index contributed by atoms with van der Waals surface area (Å²) in [6.45, 7) is 6.38. The van der Waals surface area contributed by atoms with E-state index >= 15 is 0 Å². The summed E-state index contributed by atoms with van der Waals surface area (Å²) in [4.78, 5) is 25.5. The van der Waals surface area contributed by atoms with Crippen molar-refractivity contribution in [3.63, 3.8) is 0 Å². The van der Waals surface area contributed by atoms with Crippen molar-refractivity contribution in [2.75, 3.05) is 0 Å². The van der Waals surface area contributed by atoms with Crippen molar-refractivity contribution in [2.24, 2.45) is 0 Å². The second kappa shape index (κ2) is 10.4. The van der Waals surface area contributed by atoms with E-state index in [2.05, 4.69) is 20.8 Å². The fourth-order valence-corrected chi connectivity index (χ4v) is 3.70. The van der Waals surface area contributed by atoms with E-state index in [1.807, 2.05) is 78.9 Å². The van der Waals surface area contributed by atoms with Crippen molar-refractivity contribution < 1.29 is 14.3 Å². The summed E-state index contributed by atoms with van der Waals surface area (Å²) in [7, 11) is 0. The lowest BCUT2D eigenvalue weighted by Gasteiger charge is -2.19. The largest absolute Gasteiger partial charge is 0.422 e. The number of rotatable bonds is 6. The van der Waals surface area contributed by atoms with Crippen LogP contribution in [0.2, 0.25) is 0 Å². The fourth-order valence-electron chi connectivity index (χ4n) is 3.70. The number of benzene rings is 4. The molecule has 174 valence electrons. The van der Waals surface area contributed by atoms with Gasteiger partial charge in [-0.1, -0.05) is 106 Å². The number of ether oxygens (including phenoxy) is 1. The first-order valence-electron chi connectivity index (χ1n) is 11.6. The molecular weight excluding hydrogens is 432 g/mol. The summed E-state index contributed by atoms with van der Waals surface area (Å²) in [5.74, 6) is -0.154. The minimum atomic E-state index is -0.436. The number of para-hydroxylation sites is 1. The van der Waals surface area contributed by atoms with Crippen LogP contribution in [0.4, 0.5) is 0 Å². The van der Waals surface area contributed by atoms with E-state index in [4.69, 9.17) is 4.74 Å². The Hall–Kier alpha value is -4.24. The van der Waals surface area contributed by atoms with E-state index < -0.39 is 5.97 Å². The number of hydrogen-bond donors (Lipinski definition) is 0. The molecule has 0 spiro atoms. The van der Waals surface area contributed by atoms with Crippen molar-refractivity contribution in [3.05, 3.63) is 131 Å². The molecule has 0 saturated carbocycles. The molecule has 0 aliphatic carbocycles. The maximum atomic E-state index is 12.7. The van der Waals surface area contributed by atoms with E-state index in [0.717, 1.165) is 16.7 Å². The number of esters is 1. The Morgan fingerprint density at radius 2 is 1.23 bits per heavy atom. The van der Waals surface area contributed by atoms with Crippen LogP contribution in [0.1, 0.15) is 52.6 Å². The molecule has 35 heavy (non-hydrogen) atoms. The second-order valence-corrected chi connectivity index (χ2v) is 9.40. The van der Waals surface area contributed by atoms with Crippen LogP contribution in [0.25, 0.3) is 17.2 Å². The van der Waals surface area contributed by atoms with Crippen molar-refractivity contribution in [1.82, 2.24) is 0 Å². The summed E-state index contributed by atoms with van der Waals surface area (Å²) in [6, 6.07) is 32.2. The van der Waals surface area contributed by atoms with Crippen LogP contribution in [-0.4, -0.2) is 11.8 Å². The van der Waals surface area contributed by atoms with Gasteiger partial charge in [-0.2, -0.15) is 0 Å². The highest BCUT2D eigenvalue weighted by Gasteiger charge is 2.16. The highest BCUT2D eigenvalue weighted by molar-refractivity contribution is 6.07. The monoisotopic (exact) mass is 460 g/mol. The topological polar surface area (TPSA) is 43.4 Å². The highest BCUT2D eigenvalue weighted by Crippen LogP contribution is 2.25. The van der Waals surface area contributed by atoms with Crippen LogP contribution < -0.4 is 4.74 Å². The predicted molar refractivity (Wildman–Crippen MR) is 142 cm³/mol. The first kappa shape index (κ1) is 23.9. The molecule has 0 unspecified atom stereocenters. The second-order valence-electron chi connectivity index (χ2n) is 9.40. The van der Waals surface area contributed by atoms with Gasteiger partial charge >= 0.3 is 5.97 Å². The Morgan fingerprint density at radius 3 is 1.89 bits per heavy atom. The summed E-state index contributed by atoms with van der Waals surface area (Å²) in [6.07, 6.45) is 3.18. The molecule has 0 saturated heterocycles. The van der Waals surface area contributed by atoms with E-state index in [0.29, 0.717) is 22.4 Å². The SMILES string of the molecule is CC(C)(C)c1ccc(C(=O)Oc2ccccc2C=CC(=O)c2ccc(-c3ccccc3)cc2)cc1. The van der Waals surface area contributed by atoms with Gasteiger partial charge in [0.15, 0.2) is 5.78 Å². The average Bonchev–Trinajstić information content (AvgIpc) is 2.88. The Balaban J connectivity index is 1.46. The van der Waals surface area contributed by atoms with Gasteiger partial charge in [-0.3, -0.25) is 4.79 Å². The van der Waals surface area contributed by atoms with Crippen LogP contribution in [0.15, 0.2) is 109 Å². The van der Waals surface area contributed by atoms with Crippen molar-refractivity contribution in [2.45, 2.75) is 26.2 Å². The minimum absolute atomic E-state index is 0.00817. The summed E-state index contributed by atoms with van der Waals surface area (Å²) in [5.41, 5.74) is 5.04. The number of ketones is 1. The van der Waals surface area contributed by atoms with Gasteiger partial charge in [-0.15, -0.1) is 0 Å². The van der Waals surface area contributed by atoms with Crippen LogP contribution in [0, 0.1) is 0 Å². The van der Waals surface area contributed by atoms with E-state index in [9.17, 15) is 9.59 Å². The van der Waals surface area contributed by atoms with Gasteiger partial charge < -0.3 is 4.74 Å². The number of carbonyl (C=O) groups is 2. The smallest absolute Gasteiger partial charge is 0.343 e. The maximum Gasteiger partial charge on any atom is 0.343 e. The molecule has 0 aromatic heterocycles. The third-order valence-electron chi connectivity index (χ3n) is 5.80. The quantitative estimate of drug-likeness (QED) is 0.128. The molecule has 0 heterocycles. The lowest BCUT2D eigenvalue weighted by atomic mass is 9.87. The Morgan fingerprint density at radius 1 is 0.657 bits per heavy atom. The first-order chi connectivity index (χ1) is 16.8. The number of allylic oxidation sites excluding steroid dienone is 1. The molecule has 0 amide bonds. The van der Waals surface area contributed by atoms with E-state index in [1.165, 1.54) is 6.08 Å². The lowest BCUT2D eigenvalue weighted by molar-refractivity contribution is 0.0734. The molecule has 0 aliphatic heterocycles. The van der Waals surface area contributed by atoms with Crippen LogP contribution >= 0.6 is 0 Å². The summed E-state index contributed by atoms with van der Waals surface area (Å²) in [5, 5.41) is 0. The van der Waals surface area contributed by atoms with Crippen LogP contribution in [0.5, 0.6) is 5.75 Å².